The van der Waals surface area contributed by atoms with E-state index in [0.717, 1.165) is 47.2 Å². The molecular formula is C25H26N4O2. The first-order valence-corrected chi connectivity index (χ1v) is 10.5. The molecule has 0 saturated carbocycles. The number of rotatable bonds is 6. The van der Waals surface area contributed by atoms with Crippen LogP contribution >= 0.6 is 0 Å². The highest BCUT2D eigenvalue weighted by molar-refractivity contribution is 6.02. The standard InChI is InChI=1S/C25H26N4O2/c1-31-22-12-5-19(6-13-22)7-16-25(30)26-21-10-8-20(9-11-21)23-14-15-24(28-27-23)29-17-3-2-4-18-29/h5-16H,2-4,17-18H2,1H3,(H,26,30)/b16-7+. The second-order valence-corrected chi connectivity index (χ2v) is 7.50. The third-order valence-corrected chi connectivity index (χ3v) is 5.32. The zero-order chi connectivity index (χ0) is 21.5. The maximum absolute atomic E-state index is 12.2. The highest BCUT2D eigenvalue weighted by Crippen LogP contribution is 2.22. The third kappa shape index (κ3) is 5.48. The molecule has 1 aliphatic rings. The summed E-state index contributed by atoms with van der Waals surface area (Å²) in [6, 6.07) is 19.2. The van der Waals surface area contributed by atoms with E-state index in [1.807, 2.05) is 60.7 Å². The smallest absolute Gasteiger partial charge is 0.248 e. The molecule has 1 aliphatic heterocycles. The number of hydrogen-bond acceptors (Lipinski definition) is 5. The maximum Gasteiger partial charge on any atom is 0.248 e. The Hall–Kier alpha value is -3.67. The Morgan fingerprint density at radius 2 is 1.68 bits per heavy atom. The topological polar surface area (TPSA) is 67.3 Å². The van der Waals surface area contributed by atoms with Crippen LogP contribution in [0, 0.1) is 0 Å². The van der Waals surface area contributed by atoms with Crippen LogP contribution in [-0.2, 0) is 4.79 Å². The number of nitrogens with zero attached hydrogens (tertiary/aromatic N) is 3. The van der Waals surface area contributed by atoms with Gasteiger partial charge in [0.2, 0.25) is 5.91 Å². The van der Waals surface area contributed by atoms with Gasteiger partial charge in [0.15, 0.2) is 5.82 Å². The lowest BCUT2D eigenvalue weighted by Crippen LogP contribution is -2.30. The fraction of sp³-hybridized carbons (Fsp3) is 0.240. The summed E-state index contributed by atoms with van der Waals surface area (Å²) in [5, 5.41) is 11.7. The van der Waals surface area contributed by atoms with Crippen LogP contribution in [0.4, 0.5) is 11.5 Å². The van der Waals surface area contributed by atoms with E-state index in [0.29, 0.717) is 0 Å². The van der Waals surface area contributed by atoms with Gasteiger partial charge in [0, 0.05) is 30.4 Å². The molecule has 31 heavy (non-hydrogen) atoms. The molecule has 1 amide bonds. The van der Waals surface area contributed by atoms with Crippen molar-refractivity contribution < 1.29 is 9.53 Å². The highest BCUT2D eigenvalue weighted by Gasteiger charge is 2.12. The van der Waals surface area contributed by atoms with Gasteiger partial charge in [0.25, 0.3) is 0 Å². The van der Waals surface area contributed by atoms with Gasteiger partial charge in [-0.05, 0) is 67.3 Å². The van der Waals surface area contributed by atoms with Crippen LogP contribution in [0.5, 0.6) is 5.75 Å². The molecular weight excluding hydrogens is 388 g/mol. The van der Waals surface area contributed by atoms with E-state index in [1.54, 1.807) is 13.2 Å². The van der Waals surface area contributed by atoms with Crippen molar-refractivity contribution in [2.75, 3.05) is 30.4 Å². The number of carbonyl (C=O) groups is 1. The lowest BCUT2D eigenvalue weighted by molar-refractivity contribution is -0.111. The molecule has 3 aromatic rings. The van der Waals surface area contributed by atoms with Crippen LogP contribution in [0.15, 0.2) is 66.7 Å². The van der Waals surface area contributed by atoms with Crippen LogP contribution in [0.2, 0.25) is 0 Å². The maximum atomic E-state index is 12.2. The molecule has 0 radical (unpaired) electrons. The minimum atomic E-state index is -0.186. The van der Waals surface area contributed by atoms with E-state index < -0.39 is 0 Å². The van der Waals surface area contributed by atoms with E-state index in [4.69, 9.17) is 4.74 Å². The number of carbonyl (C=O) groups excluding carboxylic acids is 1. The number of aromatic nitrogens is 2. The second-order valence-electron chi connectivity index (χ2n) is 7.50. The Morgan fingerprint density at radius 3 is 2.32 bits per heavy atom. The van der Waals surface area contributed by atoms with E-state index >= 15 is 0 Å². The molecule has 4 rings (SSSR count). The molecule has 0 unspecified atom stereocenters. The van der Waals surface area contributed by atoms with Crippen molar-refractivity contribution in [2.24, 2.45) is 0 Å². The highest BCUT2D eigenvalue weighted by atomic mass is 16.5. The van der Waals surface area contributed by atoms with Crippen molar-refractivity contribution in [1.82, 2.24) is 10.2 Å². The minimum absolute atomic E-state index is 0.186. The Kier molecular flexibility index (Phi) is 6.57. The summed E-state index contributed by atoms with van der Waals surface area (Å²) in [7, 11) is 1.63. The zero-order valence-electron chi connectivity index (χ0n) is 17.6. The second kappa shape index (κ2) is 9.89. The fourth-order valence-electron chi connectivity index (χ4n) is 3.57. The van der Waals surface area contributed by atoms with Crippen molar-refractivity contribution in [2.45, 2.75) is 19.3 Å². The van der Waals surface area contributed by atoms with Gasteiger partial charge in [0.05, 0.1) is 12.8 Å². The van der Waals surface area contributed by atoms with Crippen molar-refractivity contribution in [1.29, 1.82) is 0 Å². The van der Waals surface area contributed by atoms with Gasteiger partial charge in [-0.2, -0.15) is 0 Å². The van der Waals surface area contributed by atoms with Crippen LogP contribution in [0.3, 0.4) is 0 Å². The minimum Gasteiger partial charge on any atom is -0.497 e. The van der Waals surface area contributed by atoms with Crippen molar-refractivity contribution in [3.8, 4) is 17.0 Å². The van der Waals surface area contributed by atoms with E-state index in [1.165, 1.54) is 25.3 Å². The number of nitrogens with one attached hydrogen (secondary N) is 1. The van der Waals surface area contributed by atoms with E-state index in [-0.39, 0.29) is 5.91 Å². The molecule has 1 aromatic heterocycles. The van der Waals surface area contributed by atoms with Gasteiger partial charge >= 0.3 is 0 Å². The molecule has 6 heteroatoms. The van der Waals surface area contributed by atoms with Crippen LogP contribution in [-0.4, -0.2) is 36.3 Å². The van der Waals surface area contributed by atoms with Crippen molar-refractivity contribution >= 4 is 23.5 Å². The molecule has 2 heterocycles. The lowest BCUT2D eigenvalue weighted by atomic mass is 10.1. The molecule has 1 fully saturated rings. The fourth-order valence-corrected chi connectivity index (χ4v) is 3.57. The first kappa shape index (κ1) is 20.6. The van der Waals surface area contributed by atoms with Crippen LogP contribution in [0.25, 0.3) is 17.3 Å². The molecule has 6 nitrogen and oxygen atoms in total. The van der Waals surface area contributed by atoms with Gasteiger partial charge in [-0.15, -0.1) is 10.2 Å². The SMILES string of the molecule is COc1ccc(/C=C/C(=O)Nc2ccc(-c3ccc(N4CCCCC4)nn3)cc2)cc1. The molecule has 1 N–H and O–H groups in total. The molecule has 2 aromatic carbocycles. The molecule has 0 bridgehead atoms. The third-order valence-electron chi connectivity index (χ3n) is 5.32. The number of amides is 1. The van der Waals surface area contributed by atoms with Crippen LogP contribution in [0.1, 0.15) is 24.8 Å². The summed E-state index contributed by atoms with van der Waals surface area (Å²) in [4.78, 5) is 14.5. The van der Waals surface area contributed by atoms with E-state index in [2.05, 4.69) is 20.4 Å². The first-order valence-electron chi connectivity index (χ1n) is 10.5. The summed E-state index contributed by atoms with van der Waals surface area (Å²) in [5.41, 5.74) is 3.44. The molecule has 0 spiro atoms. The summed E-state index contributed by atoms with van der Waals surface area (Å²) >= 11 is 0. The molecule has 1 saturated heterocycles. The predicted octanol–water partition coefficient (Wildman–Crippen LogP) is 4.79. The Morgan fingerprint density at radius 1 is 0.935 bits per heavy atom. The quantitative estimate of drug-likeness (QED) is 0.587. The van der Waals surface area contributed by atoms with E-state index in [9.17, 15) is 4.79 Å². The van der Waals surface area contributed by atoms with Gasteiger partial charge in [0.1, 0.15) is 5.75 Å². The molecule has 0 aliphatic carbocycles. The van der Waals surface area contributed by atoms with Gasteiger partial charge in [-0.3, -0.25) is 4.79 Å². The monoisotopic (exact) mass is 414 g/mol. The number of piperidine rings is 1. The van der Waals surface area contributed by atoms with Gasteiger partial charge in [-0.1, -0.05) is 24.3 Å². The average molecular weight is 415 g/mol. The molecule has 0 atom stereocenters. The zero-order valence-corrected chi connectivity index (χ0v) is 17.6. The Balaban J connectivity index is 1.35. The number of hydrogen-bond donors (Lipinski definition) is 1. The summed E-state index contributed by atoms with van der Waals surface area (Å²) < 4.78 is 5.14. The normalized spacial score (nSPS) is 13.9. The first-order chi connectivity index (χ1) is 15.2. The average Bonchev–Trinajstić information content (AvgIpc) is 2.84. The number of benzene rings is 2. The number of ether oxygens (including phenoxy) is 1. The Bertz CT molecular complexity index is 1020. The lowest BCUT2D eigenvalue weighted by Gasteiger charge is -2.27. The summed E-state index contributed by atoms with van der Waals surface area (Å²) in [6.45, 7) is 2.10. The largest absolute Gasteiger partial charge is 0.497 e. The summed E-state index contributed by atoms with van der Waals surface area (Å²) in [5.74, 6) is 1.54. The predicted molar refractivity (Wildman–Crippen MR) is 124 cm³/mol. The number of anilines is 2. The van der Waals surface area contributed by atoms with Crippen LogP contribution < -0.4 is 15.0 Å². The number of methoxy groups -OCH3 is 1. The van der Waals surface area contributed by atoms with Gasteiger partial charge in [-0.25, -0.2) is 0 Å². The van der Waals surface area contributed by atoms with Crippen molar-refractivity contribution in [3.63, 3.8) is 0 Å². The molecule has 158 valence electrons. The van der Waals surface area contributed by atoms with Gasteiger partial charge < -0.3 is 15.0 Å². The summed E-state index contributed by atoms with van der Waals surface area (Å²) in [6.07, 6.45) is 7.00. The Labute approximate surface area is 182 Å². The van der Waals surface area contributed by atoms with Crippen molar-refractivity contribution in [3.05, 3.63) is 72.3 Å².